The predicted molar refractivity (Wildman–Crippen MR) is 57.7 cm³/mol. The van der Waals surface area contributed by atoms with Gasteiger partial charge in [0.15, 0.2) is 0 Å². The molecule has 1 fully saturated rings. The van der Waals surface area contributed by atoms with Gasteiger partial charge in [0, 0.05) is 19.6 Å². The molecule has 0 aromatic rings. The number of carbonyl (C=O) groups is 1. The molecule has 1 aliphatic rings. The second kappa shape index (κ2) is 7.65. The Morgan fingerprint density at radius 1 is 1.40 bits per heavy atom. The lowest BCUT2D eigenvalue weighted by Crippen LogP contribution is -2.30. The second-order valence-electron chi connectivity index (χ2n) is 3.95. The van der Waals surface area contributed by atoms with Crippen LogP contribution in [0.3, 0.4) is 0 Å². The molecule has 0 unspecified atom stereocenters. The quantitative estimate of drug-likeness (QED) is 0.529. The zero-order valence-electron chi connectivity index (χ0n) is 9.46. The first-order valence-corrected chi connectivity index (χ1v) is 5.68. The van der Waals surface area contributed by atoms with E-state index in [1.54, 1.807) is 0 Å². The molecule has 4 heteroatoms. The van der Waals surface area contributed by atoms with Crippen LogP contribution in [0.5, 0.6) is 0 Å². The van der Waals surface area contributed by atoms with Crippen molar-refractivity contribution in [3.8, 4) is 0 Å². The second-order valence-corrected chi connectivity index (χ2v) is 3.95. The van der Waals surface area contributed by atoms with E-state index in [-0.39, 0.29) is 5.97 Å². The zero-order chi connectivity index (χ0) is 10.9. The van der Waals surface area contributed by atoms with E-state index in [9.17, 15) is 4.79 Å². The van der Waals surface area contributed by atoms with Crippen LogP contribution < -0.4 is 5.32 Å². The molecule has 1 rings (SSSR count). The number of ether oxygens (including phenoxy) is 2. The third-order valence-corrected chi connectivity index (χ3v) is 2.71. The van der Waals surface area contributed by atoms with Crippen LogP contribution in [0.15, 0.2) is 0 Å². The van der Waals surface area contributed by atoms with Crippen LogP contribution in [0.4, 0.5) is 0 Å². The zero-order valence-corrected chi connectivity index (χ0v) is 9.46. The van der Waals surface area contributed by atoms with E-state index in [0.29, 0.717) is 18.9 Å². The minimum Gasteiger partial charge on any atom is -0.469 e. The lowest BCUT2D eigenvalue weighted by Gasteiger charge is -2.22. The fraction of sp³-hybridized carbons (Fsp3) is 0.909. The average Bonchev–Trinajstić information content (AvgIpc) is 2.29. The fourth-order valence-corrected chi connectivity index (χ4v) is 1.72. The lowest BCUT2D eigenvalue weighted by molar-refractivity contribution is -0.141. The van der Waals surface area contributed by atoms with E-state index in [1.807, 2.05) is 0 Å². The maximum absolute atomic E-state index is 10.8. The summed E-state index contributed by atoms with van der Waals surface area (Å²) in [5.41, 5.74) is 0. The molecule has 0 saturated carbocycles. The fourth-order valence-electron chi connectivity index (χ4n) is 1.72. The summed E-state index contributed by atoms with van der Waals surface area (Å²) >= 11 is 0. The molecule has 0 amide bonds. The lowest BCUT2D eigenvalue weighted by atomic mass is 9.99. The Morgan fingerprint density at radius 2 is 2.13 bits per heavy atom. The Kier molecular flexibility index (Phi) is 6.36. The predicted octanol–water partition coefficient (Wildman–Crippen LogP) is 0.956. The molecule has 0 bridgehead atoms. The molecule has 1 heterocycles. The number of piperidine rings is 1. The van der Waals surface area contributed by atoms with Crippen LogP contribution in [0.25, 0.3) is 0 Å². The summed E-state index contributed by atoms with van der Waals surface area (Å²) in [7, 11) is 1.41. The van der Waals surface area contributed by atoms with Crippen LogP contribution in [-0.4, -0.2) is 39.4 Å². The summed E-state index contributed by atoms with van der Waals surface area (Å²) in [4.78, 5) is 10.8. The molecule has 0 aromatic heterocycles. The van der Waals surface area contributed by atoms with Crippen molar-refractivity contribution in [1.29, 1.82) is 0 Å². The molecule has 88 valence electrons. The van der Waals surface area contributed by atoms with E-state index in [4.69, 9.17) is 4.74 Å². The summed E-state index contributed by atoms with van der Waals surface area (Å²) < 4.78 is 10.1. The van der Waals surface area contributed by atoms with E-state index in [1.165, 1.54) is 20.0 Å². The first-order chi connectivity index (χ1) is 7.33. The van der Waals surface area contributed by atoms with E-state index >= 15 is 0 Å². The highest BCUT2D eigenvalue weighted by molar-refractivity contribution is 5.68. The summed E-state index contributed by atoms with van der Waals surface area (Å²) in [5.74, 6) is 0.546. The van der Waals surface area contributed by atoms with Gasteiger partial charge in [-0.15, -0.1) is 0 Å². The Bertz CT molecular complexity index is 179. The van der Waals surface area contributed by atoms with Crippen LogP contribution in [0.1, 0.15) is 25.7 Å². The van der Waals surface area contributed by atoms with Crippen LogP contribution in [-0.2, 0) is 14.3 Å². The van der Waals surface area contributed by atoms with E-state index in [0.717, 1.165) is 26.1 Å². The molecule has 0 aromatic carbocycles. The molecule has 0 atom stereocenters. The SMILES string of the molecule is COC(=O)CCCOCC1CCNCC1. The van der Waals surface area contributed by atoms with Gasteiger partial charge in [0.05, 0.1) is 7.11 Å². The van der Waals surface area contributed by atoms with Gasteiger partial charge in [0.25, 0.3) is 0 Å². The molecular formula is C11H21NO3. The summed E-state index contributed by atoms with van der Waals surface area (Å²) in [5, 5.41) is 3.32. The number of esters is 1. The van der Waals surface area contributed by atoms with Gasteiger partial charge in [-0.2, -0.15) is 0 Å². The summed E-state index contributed by atoms with van der Waals surface area (Å²) in [6, 6.07) is 0. The topological polar surface area (TPSA) is 47.6 Å². The van der Waals surface area contributed by atoms with Crippen molar-refractivity contribution in [2.45, 2.75) is 25.7 Å². The van der Waals surface area contributed by atoms with Crippen LogP contribution >= 0.6 is 0 Å². The number of carbonyl (C=O) groups excluding carboxylic acids is 1. The van der Waals surface area contributed by atoms with Crippen molar-refractivity contribution in [3.63, 3.8) is 0 Å². The largest absolute Gasteiger partial charge is 0.469 e. The van der Waals surface area contributed by atoms with Crippen molar-refractivity contribution in [2.75, 3.05) is 33.4 Å². The standard InChI is InChI=1S/C11H21NO3/c1-14-11(13)3-2-8-15-9-10-4-6-12-7-5-10/h10,12H,2-9H2,1H3. The number of nitrogens with one attached hydrogen (secondary N) is 1. The van der Waals surface area contributed by atoms with Crippen molar-refractivity contribution in [1.82, 2.24) is 5.32 Å². The van der Waals surface area contributed by atoms with Gasteiger partial charge in [-0.25, -0.2) is 0 Å². The molecule has 0 radical (unpaired) electrons. The maximum Gasteiger partial charge on any atom is 0.305 e. The third kappa shape index (κ3) is 5.74. The Morgan fingerprint density at radius 3 is 2.80 bits per heavy atom. The van der Waals surface area contributed by atoms with Gasteiger partial charge >= 0.3 is 5.97 Å². The Hall–Kier alpha value is -0.610. The van der Waals surface area contributed by atoms with Crippen molar-refractivity contribution in [2.24, 2.45) is 5.92 Å². The van der Waals surface area contributed by atoms with Crippen molar-refractivity contribution < 1.29 is 14.3 Å². The van der Waals surface area contributed by atoms with E-state index in [2.05, 4.69) is 10.1 Å². The third-order valence-electron chi connectivity index (χ3n) is 2.71. The molecule has 1 saturated heterocycles. The smallest absolute Gasteiger partial charge is 0.305 e. The van der Waals surface area contributed by atoms with Gasteiger partial charge in [0.2, 0.25) is 0 Å². The van der Waals surface area contributed by atoms with Gasteiger partial charge < -0.3 is 14.8 Å². The number of hydrogen-bond acceptors (Lipinski definition) is 4. The van der Waals surface area contributed by atoms with Crippen molar-refractivity contribution in [3.05, 3.63) is 0 Å². The van der Waals surface area contributed by atoms with Crippen molar-refractivity contribution >= 4 is 5.97 Å². The molecular weight excluding hydrogens is 194 g/mol. The molecule has 1 aliphatic heterocycles. The maximum atomic E-state index is 10.8. The number of methoxy groups -OCH3 is 1. The van der Waals surface area contributed by atoms with E-state index < -0.39 is 0 Å². The Balaban J connectivity index is 1.89. The van der Waals surface area contributed by atoms with Gasteiger partial charge in [-0.3, -0.25) is 4.79 Å². The monoisotopic (exact) mass is 215 g/mol. The molecule has 0 spiro atoms. The highest BCUT2D eigenvalue weighted by Crippen LogP contribution is 2.11. The molecule has 4 nitrogen and oxygen atoms in total. The summed E-state index contributed by atoms with van der Waals surface area (Å²) in [6.45, 7) is 3.72. The van der Waals surface area contributed by atoms with Gasteiger partial charge in [-0.1, -0.05) is 0 Å². The minimum atomic E-state index is -0.152. The molecule has 1 N–H and O–H groups in total. The number of hydrogen-bond donors (Lipinski definition) is 1. The first kappa shape index (κ1) is 12.5. The summed E-state index contributed by atoms with van der Waals surface area (Å²) in [6.07, 6.45) is 3.63. The molecule has 0 aliphatic carbocycles. The normalized spacial score (nSPS) is 17.7. The highest BCUT2D eigenvalue weighted by Gasteiger charge is 2.12. The number of rotatable bonds is 6. The highest BCUT2D eigenvalue weighted by atomic mass is 16.5. The average molecular weight is 215 g/mol. The minimum absolute atomic E-state index is 0.152. The Labute approximate surface area is 91.3 Å². The van der Waals surface area contributed by atoms with Gasteiger partial charge in [-0.05, 0) is 38.3 Å². The van der Waals surface area contributed by atoms with Crippen LogP contribution in [0, 0.1) is 5.92 Å². The first-order valence-electron chi connectivity index (χ1n) is 5.68. The molecule has 15 heavy (non-hydrogen) atoms. The van der Waals surface area contributed by atoms with Crippen LogP contribution in [0.2, 0.25) is 0 Å². The van der Waals surface area contributed by atoms with Gasteiger partial charge in [0.1, 0.15) is 0 Å².